The van der Waals surface area contributed by atoms with Crippen LogP contribution in [0.2, 0.25) is 0 Å². The standard InChI is InChI=1S/3Al.Bi.H2O.6O/h;;;;1H2;;;;;;/q;;;+3;;;;;3*-1. The first-order chi connectivity index (χ1) is 4.24. The van der Waals surface area contributed by atoms with Crippen molar-refractivity contribution in [1.29, 1.82) is 0 Å². The first-order valence-electron chi connectivity index (χ1n) is 1.41. The zero-order valence-corrected chi connectivity index (χ0v) is 12.1. The molecule has 0 fully saturated rings. The van der Waals surface area contributed by atoms with E-state index in [9.17, 15) is 0 Å². The van der Waals surface area contributed by atoms with Crippen LogP contribution in [0.3, 0.4) is 0 Å². The van der Waals surface area contributed by atoms with Gasteiger partial charge in [-0.2, -0.15) is 0 Å². The van der Waals surface area contributed by atoms with Crippen LogP contribution in [-0.4, -0.2) is 78.1 Å². The number of hydrogen-bond acceptors (Lipinski definition) is 6. The molecule has 0 heterocycles. The van der Waals surface area contributed by atoms with E-state index < -0.39 is 46.5 Å². The molecule has 0 saturated carbocycles. The third-order valence-electron chi connectivity index (χ3n) is 0. The molecule has 0 aromatic rings. The topological polar surface area (TPSA) is 152 Å². The van der Waals surface area contributed by atoms with Crippen molar-refractivity contribution in [1.82, 2.24) is 0 Å². The maximum atomic E-state index is 8.46. The maximum absolute atomic E-state index is 8.46. The fourth-order valence-electron chi connectivity index (χ4n) is 0. The molecule has 7 nitrogen and oxygen atoms in total. The third kappa shape index (κ3) is 624. The van der Waals surface area contributed by atoms with Gasteiger partial charge in [-0.1, -0.05) is 0 Å². The van der Waals surface area contributed by atoms with Gasteiger partial charge in [0.2, 0.25) is 0 Å². The average molecular weight is 404 g/mol. The third-order valence-corrected chi connectivity index (χ3v) is 0. The van der Waals surface area contributed by atoms with E-state index in [4.69, 9.17) is 23.9 Å². The second-order valence-corrected chi connectivity index (χ2v) is 0.866. The van der Waals surface area contributed by atoms with E-state index in [1.165, 1.54) is 0 Å². The molecule has 11 heteroatoms. The Kier molecular flexibility index (Phi) is 176. The molecule has 0 aliphatic carbocycles. The molecule has 2 N–H and O–H groups in total. The number of rotatable bonds is 0. The molecule has 0 bridgehead atoms. The zero-order valence-electron chi connectivity index (χ0n) is 5.13. The van der Waals surface area contributed by atoms with Crippen LogP contribution in [0, 0.1) is 0 Å². The van der Waals surface area contributed by atoms with E-state index in [1.807, 2.05) is 0 Å². The summed E-state index contributed by atoms with van der Waals surface area (Å²) in [7, 11) is 0. The molecular weight excluding hydrogens is 402 g/mol. The van der Waals surface area contributed by atoms with Gasteiger partial charge in [0.15, 0.2) is 0 Å². The van der Waals surface area contributed by atoms with Crippen LogP contribution in [0.5, 0.6) is 0 Å². The second kappa shape index (κ2) is 65.6. The van der Waals surface area contributed by atoms with Crippen molar-refractivity contribution in [3.8, 4) is 0 Å². The summed E-state index contributed by atoms with van der Waals surface area (Å²) in [5.41, 5.74) is 0. The van der Waals surface area contributed by atoms with Gasteiger partial charge < -0.3 is 5.48 Å². The normalized spacial score (nSPS) is 2.18. The molecule has 0 spiro atoms. The fraction of sp³-hybridized carbons (Fsp3) is 0. The summed E-state index contributed by atoms with van der Waals surface area (Å²) in [5.74, 6) is 0. The van der Waals surface area contributed by atoms with Gasteiger partial charge in [0.05, 0.1) is 0 Å². The van der Waals surface area contributed by atoms with Crippen LogP contribution in [0.25, 0.3) is 0 Å². The molecule has 0 amide bonds. The summed E-state index contributed by atoms with van der Waals surface area (Å²) in [4.78, 5) is 0. The molecule has 0 aliphatic rings. The molecule has 0 atom stereocenters. The van der Waals surface area contributed by atoms with E-state index in [2.05, 4.69) is 0 Å². The van der Waals surface area contributed by atoms with Gasteiger partial charge in [0, 0.05) is 0 Å². The monoisotopic (exact) mass is 404 g/mol. The SMILES string of the molecule is O.[Bi+3].[O]=[Al][O-].[O]=[Al][O-].[O]=[Al][O-]. The summed E-state index contributed by atoms with van der Waals surface area (Å²) in [5, 5.41) is 0. The van der Waals surface area contributed by atoms with Crippen molar-refractivity contribution >= 4 is 72.7 Å². The summed E-state index contributed by atoms with van der Waals surface area (Å²) in [6.45, 7) is 0. The van der Waals surface area contributed by atoms with Crippen LogP contribution in [-0.2, 0) is 11.4 Å². The molecule has 0 rings (SSSR count). The first kappa shape index (κ1) is 29.5. The summed E-state index contributed by atoms with van der Waals surface area (Å²) in [6, 6.07) is 0. The Labute approximate surface area is 101 Å². The van der Waals surface area contributed by atoms with Crippen molar-refractivity contribution in [2.24, 2.45) is 0 Å². The Bertz CT molecular complexity index is 50.4. The van der Waals surface area contributed by atoms with Gasteiger partial charge in [0.1, 0.15) is 0 Å². The Morgan fingerprint density at radius 1 is 0.727 bits per heavy atom. The fourth-order valence-corrected chi connectivity index (χ4v) is 0. The van der Waals surface area contributed by atoms with E-state index >= 15 is 0 Å². The summed E-state index contributed by atoms with van der Waals surface area (Å²) >= 11 is -5.25. The molecule has 0 aliphatic heterocycles. The molecular formula is H2Al3BiO7. The van der Waals surface area contributed by atoms with Crippen LogP contribution < -0.4 is 12.5 Å². The Hall–Kier alpha value is 1.24. The zero-order chi connectivity index (χ0) is 8.12. The van der Waals surface area contributed by atoms with Crippen LogP contribution in [0.1, 0.15) is 0 Å². The average Bonchev–Trinajstić information content (AvgIpc) is 1.70. The van der Waals surface area contributed by atoms with E-state index in [-0.39, 0.29) is 31.7 Å². The van der Waals surface area contributed by atoms with Crippen molar-refractivity contribution in [3.05, 3.63) is 0 Å². The van der Waals surface area contributed by atoms with E-state index in [0.29, 0.717) is 0 Å². The Morgan fingerprint density at radius 3 is 0.727 bits per heavy atom. The van der Waals surface area contributed by atoms with Gasteiger partial charge in [-0.05, 0) is 0 Å². The predicted octanol–water partition coefficient (Wildman–Crippen LogP) is -6.27. The van der Waals surface area contributed by atoms with Gasteiger partial charge in [-0.25, -0.2) is 0 Å². The Balaban J connectivity index is -0.0000000150. The van der Waals surface area contributed by atoms with E-state index in [1.54, 1.807) is 0 Å². The molecule has 2 radical (unpaired) electrons. The van der Waals surface area contributed by atoms with Gasteiger partial charge in [-0.15, -0.1) is 0 Å². The van der Waals surface area contributed by atoms with Gasteiger partial charge >= 0.3 is 96.6 Å². The quantitative estimate of drug-likeness (QED) is 0.367. The van der Waals surface area contributed by atoms with E-state index in [0.717, 1.165) is 0 Å². The molecule has 0 aromatic carbocycles. The summed E-state index contributed by atoms with van der Waals surface area (Å²) in [6.07, 6.45) is 0. The van der Waals surface area contributed by atoms with Crippen molar-refractivity contribution < 1.29 is 29.4 Å². The van der Waals surface area contributed by atoms with Gasteiger partial charge in [0.25, 0.3) is 0 Å². The predicted molar refractivity (Wildman–Crippen MR) is 28.7 cm³/mol. The van der Waals surface area contributed by atoms with Crippen LogP contribution >= 0.6 is 0 Å². The molecule has 58 valence electrons. The second-order valence-electron chi connectivity index (χ2n) is 0.289. The molecule has 11 heavy (non-hydrogen) atoms. The van der Waals surface area contributed by atoms with Gasteiger partial charge in [-0.3, -0.25) is 0 Å². The molecule has 0 aromatic heterocycles. The minimum atomic E-state index is -1.75. The van der Waals surface area contributed by atoms with Crippen molar-refractivity contribution in [2.45, 2.75) is 0 Å². The van der Waals surface area contributed by atoms with Crippen LogP contribution in [0.15, 0.2) is 0 Å². The minimum absolute atomic E-state index is 0. The summed E-state index contributed by atoms with van der Waals surface area (Å²) < 4.78 is 50.8. The molecule has 0 unspecified atom stereocenters. The van der Waals surface area contributed by atoms with Crippen LogP contribution in [0.4, 0.5) is 0 Å². The van der Waals surface area contributed by atoms with Crippen molar-refractivity contribution in [2.75, 3.05) is 0 Å². The number of hydrogen-bond donors (Lipinski definition) is 0. The first-order valence-corrected chi connectivity index (χ1v) is 4.24. The molecule has 0 saturated heterocycles. The Morgan fingerprint density at radius 2 is 0.727 bits per heavy atom. The van der Waals surface area contributed by atoms with Crippen molar-refractivity contribution in [3.63, 3.8) is 0 Å².